The van der Waals surface area contributed by atoms with Gasteiger partial charge in [0.2, 0.25) is 4.77 Å². The lowest BCUT2D eigenvalue weighted by Gasteiger charge is -1.95. The van der Waals surface area contributed by atoms with Crippen molar-refractivity contribution in [2.24, 2.45) is 5.92 Å². The summed E-state index contributed by atoms with van der Waals surface area (Å²) in [6.07, 6.45) is 3.57. The molecule has 0 saturated heterocycles. The van der Waals surface area contributed by atoms with Crippen LogP contribution in [0.4, 0.5) is 0 Å². The lowest BCUT2D eigenvalue weighted by Crippen LogP contribution is -2.13. The molecule has 5 heteroatoms. The van der Waals surface area contributed by atoms with Crippen LogP contribution in [0.1, 0.15) is 18.7 Å². The first-order chi connectivity index (χ1) is 5.27. The Morgan fingerprint density at radius 1 is 1.73 bits per heavy atom. The molecule has 1 aromatic heterocycles. The lowest BCUT2D eigenvalue weighted by molar-refractivity contribution is 0.734. The van der Waals surface area contributed by atoms with Gasteiger partial charge in [0.15, 0.2) is 5.82 Å². The molecule has 11 heavy (non-hydrogen) atoms. The Labute approximate surface area is 69.4 Å². The maximum Gasteiger partial charge on any atom is 0.214 e. The second-order valence-electron chi connectivity index (χ2n) is 2.96. The fourth-order valence-corrected chi connectivity index (χ4v) is 1.21. The minimum Gasteiger partial charge on any atom is -0.335 e. The van der Waals surface area contributed by atoms with Crippen LogP contribution in [-0.4, -0.2) is 14.9 Å². The summed E-state index contributed by atoms with van der Waals surface area (Å²) < 4.78 is 1.95. The highest BCUT2D eigenvalue weighted by molar-refractivity contribution is 7.71. The Balaban J connectivity index is 2.22. The second-order valence-corrected chi connectivity index (χ2v) is 3.35. The van der Waals surface area contributed by atoms with E-state index in [1.54, 1.807) is 0 Å². The number of nitrogens with zero attached hydrogens (tertiary/aromatic N) is 2. The molecule has 1 aliphatic carbocycles. The average Bonchev–Trinajstić information content (AvgIpc) is 2.74. The van der Waals surface area contributed by atoms with Crippen LogP contribution >= 0.6 is 12.2 Å². The number of nitrogens with two attached hydrogens (primary N) is 1. The maximum absolute atomic E-state index is 5.60. The molecule has 0 spiro atoms. The SMILES string of the molecule is Nn1c(CC2CC2)n[nH]c1=S. The Kier molecular flexibility index (Phi) is 1.45. The molecule has 0 bridgehead atoms. The van der Waals surface area contributed by atoms with Crippen LogP contribution in [0.2, 0.25) is 0 Å². The molecule has 1 aliphatic rings. The minimum atomic E-state index is 0.501. The Morgan fingerprint density at radius 2 is 2.45 bits per heavy atom. The van der Waals surface area contributed by atoms with Gasteiger partial charge in [0, 0.05) is 6.42 Å². The zero-order valence-electron chi connectivity index (χ0n) is 6.08. The van der Waals surface area contributed by atoms with E-state index in [0.29, 0.717) is 4.77 Å². The number of aromatic amines is 1. The first-order valence-corrected chi connectivity index (χ1v) is 4.09. The monoisotopic (exact) mass is 170 g/mol. The predicted octanol–water partition coefficient (Wildman–Crippen LogP) is 0.607. The molecule has 0 amide bonds. The maximum atomic E-state index is 5.60. The van der Waals surface area contributed by atoms with E-state index in [1.165, 1.54) is 17.5 Å². The molecule has 1 aromatic rings. The summed E-state index contributed by atoms with van der Waals surface area (Å²) in [5.74, 6) is 7.26. The summed E-state index contributed by atoms with van der Waals surface area (Å²) in [6, 6.07) is 0. The largest absolute Gasteiger partial charge is 0.335 e. The van der Waals surface area contributed by atoms with Gasteiger partial charge in [-0.05, 0) is 31.0 Å². The quantitative estimate of drug-likeness (QED) is 0.505. The molecule has 0 aromatic carbocycles. The fraction of sp³-hybridized carbons (Fsp3) is 0.667. The number of H-pyrrole nitrogens is 1. The van der Waals surface area contributed by atoms with E-state index < -0.39 is 0 Å². The summed E-state index contributed by atoms with van der Waals surface area (Å²) in [4.78, 5) is 0. The van der Waals surface area contributed by atoms with E-state index in [2.05, 4.69) is 10.2 Å². The summed E-state index contributed by atoms with van der Waals surface area (Å²) >= 11 is 4.87. The molecule has 1 fully saturated rings. The van der Waals surface area contributed by atoms with Crippen molar-refractivity contribution in [3.8, 4) is 0 Å². The summed E-state index contributed by atoms with van der Waals surface area (Å²) in [6.45, 7) is 0. The van der Waals surface area contributed by atoms with Crippen LogP contribution in [0.25, 0.3) is 0 Å². The van der Waals surface area contributed by atoms with Crippen LogP contribution < -0.4 is 5.84 Å². The Morgan fingerprint density at radius 3 is 2.91 bits per heavy atom. The number of hydrogen-bond acceptors (Lipinski definition) is 3. The van der Waals surface area contributed by atoms with Crippen LogP contribution in [0.3, 0.4) is 0 Å². The number of rotatable bonds is 2. The molecule has 0 aliphatic heterocycles. The lowest BCUT2D eigenvalue weighted by atomic mass is 10.3. The molecular weight excluding hydrogens is 160 g/mol. The first-order valence-electron chi connectivity index (χ1n) is 3.69. The molecular formula is C6H10N4S. The van der Waals surface area contributed by atoms with Crippen molar-refractivity contribution in [2.75, 3.05) is 5.84 Å². The number of aromatic nitrogens is 3. The van der Waals surface area contributed by atoms with Gasteiger partial charge in [-0.2, -0.15) is 5.10 Å². The highest BCUT2D eigenvalue weighted by Gasteiger charge is 2.23. The second kappa shape index (κ2) is 2.34. The van der Waals surface area contributed by atoms with Crippen molar-refractivity contribution in [2.45, 2.75) is 19.3 Å². The molecule has 4 nitrogen and oxygen atoms in total. The van der Waals surface area contributed by atoms with Gasteiger partial charge >= 0.3 is 0 Å². The van der Waals surface area contributed by atoms with Crippen LogP contribution in [0, 0.1) is 10.7 Å². The van der Waals surface area contributed by atoms with E-state index in [1.807, 2.05) is 0 Å². The first kappa shape index (κ1) is 6.84. The third kappa shape index (κ3) is 1.28. The normalized spacial score (nSPS) is 17.1. The highest BCUT2D eigenvalue weighted by Crippen LogP contribution is 2.31. The van der Waals surface area contributed by atoms with Crippen molar-refractivity contribution >= 4 is 12.2 Å². The van der Waals surface area contributed by atoms with Gasteiger partial charge in [0.1, 0.15) is 0 Å². The molecule has 1 heterocycles. The summed E-state index contributed by atoms with van der Waals surface area (Å²) in [7, 11) is 0. The van der Waals surface area contributed by atoms with Gasteiger partial charge < -0.3 is 5.84 Å². The van der Waals surface area contributed by atoms with Gasteiger partial charge in [-0.25, -0.2) is 4.68 Å². The van der Waals surface area contributed by atoms with Crippen LogP contribution in [-0.2, 0) is 6.42 Å². The number of hydrogen-bond donors (Lipinski definition) is 2. The van der Waals surface area contributed by atoms with Gasteiger partial charge in [-0.3, -0.25) is 5.10 Å². The van der Waals surface area contributed by atoms with E-state index in [4.69, 9.17) is 18.1 Å². The van der Waals surface area contributed by atoms with Crippen molar-refractivity contribution in [3.05, 3.63) is 10.6 Å². The average molecular weight is 170 g/mol. The Hall–Kier alpha value is -0.840. The summed E-state index contributed by atoms with van der Waals surface area (Å²) in [5.41, 5.74) is 0. The summed E-state index contributed by atoms with van der Waals surface area (Å²) in [5, 5.41) is 6.68. The van der Waals surface area contributed by atoms with Crippen molar-refractivity contribution in [1.82, 2.24) is 14.9 Å². The molecule has 1 saturated carbocycles. The Bertz CT molecular complexity index is 309. The van der Waals surface area contributed by atoms with Crippen LogP contribution in [0.15, 0.2) is 0 Å². The van der Waals surface area contributed by atoms with Crippen molar-refractivity contribution in [1.29, 1.82) is 0 Å². The topological polar surface area (TPSA) is 59.6 Å². The van der Waals surface area contributed by atoms with Crippen molar-refractivity contribution in [3.63, 3.8) is 0 Å². The van der Waals surface area contributed by atoms with Crippen molar-refractivity contribution < 1.29 is 0 Å². The zero-order valence-corrected chi connectivity index (χ0v) is 6.90. The molecule has 0 atom stereocenters. The van der Waals surface area contributed by atoms with Gasteiger partial charge in [-0.15, -0.1) is 0 Å². The van der Waals surface area contributed by atoms with Crippen LogP contribution in [0.5, 0.6) is 0 Å². The van der Waals surface area contributed by atoms with E-state index in [-0.39, 0.29) is 0 Å². The number of nitrogen functional groups attached to an aromatic ring is 1. The highest BCUT2D eigenvalue weighted by atomic mass is 32.1. The number of nitrogens with one attached hydrogen (secondary N) is 1. The van der Waals surface area contributed by atoms with Gasteiger partial charge in [0.05, 0.1) is 0 Å². The molecule has 0 unspecified atom stereocenters. The van der Waals surface area contributed by atoms with E-state index >= 15 is 0 Å². The molecule has 2 rings (SSSR count). The molecule has 60 valence electrons. The third-order valence-electron chi connectivity index (χ3n) is 1.95. The fourth-order valence-electron chi connectivity index (χ4n) is 1.06. The van der Waals surface area contributed by atoms with Gasteiger partial charge in [0.25, 0.3) is 0 Å². The van der Waals surface area contributed by atoms with Gasteiger partial charge in [-0.1, -0.05) is 0 Å². The standard InChI is InChI=1S/C6H10N4S/c7-10-5(3-4-1-2-4)8-9-6(10)11/h4H,1-3,7H2,(H,9,11). The third-order valence-corrected chi connectivity index (χ3v) is 2.23. The molecule has 3 N–H and O–H groups in total. The smallest absolute Gasteiger partial charge is 0.214 e. The predicted molar refractivity (Wildman–Crippen MR) is 44.0 cm³/mol. The van der Waals surface area contributed by atoms with E-state index in [0.717, 1.165) is 18.2 Å². The van der Waals surface area contributed by atoms with E-state index in [9.17, 15) is 0 Å². The molecule has 0 radical (unpaired) electrons. The minimum absolute atomic E-state index is 0.501. The zero-order chi connectivity index (χ0) is 7.84.